The van der Waals surface area contributed by atoms with Gasteiger partial charge in [0.05, 0.1) is 13.2 Å². The van der Waals surface area contributed by atoms with Gasteiger partial charge in [0.25, 0.3) is 5.91 Å². The summed E-state index contributed by atoms with van der Waals surface area (Å²) in [4.78, 5) is 11.8. The van der Waals surface area contributed by atoms with E-state index < -0.39 is 0 Å². The Labute approximate surface area is 114 Å². The van der Waals surface area contributed by atoms with Gasteiger partial charge < -0.3 is 15.4 Å². The molecule has 4 heteroatoms. The predicted molar refractivity (Wildman–Crippen MR) is 75.3 cm³/mol. The summed E-state index contributed by atoms with van der Waals surface area (Å²) in [6.45, 7) is 8.24. The summed E-state index contributed by atoms with van der Waals surface area (Å²) < 4.78 is 5.19. The minimum atomic E-state index is -0.0139. The molecule has 0 aromatic heterocycles. The van der Waals surface area contributed by atoms with Crippen LogP contribution in [0.25, 0.3) is 0 Å². The van der Waals surface area contributed by atoms with Crippen molar-refractivity contribution >= 4 is 5.91 Å². The highest BCUT2D eigenvalue weighted by molar-refractivity contribution is 5.94. The van der Waals surface area contributed by atoms with Crippen molar-refractivity contribution in [1.29, 1.82) is 0 Å². The van der Waals surface area contributed by atoms with Crippen LogP contribution in [-0.2, 0) is 4.74 Å². The van der Waals surface area contributed by atoms with Crippen LogP contribution in [0, 0.1) is 12.3 Å². The molecule has 1 heterocycles. The third-order valence-electron chi connectivity index (χ3n) is 3.35. The van der Waals surface area contributed by atoms with Crippen LogP contribution < -0.4 is 10.6 Å². The van der Waals surface area contributed by atoms with E-state index in [1.807, 2.05) is 31.2 Å². The fraction of sp³-hybridized carbons (Fsp3) is 0.533. The van der Waals surface area contributed by atoms with E-state index in [1.54, 1.807) is 0 Å². The fourth-order valence-electron chi connectivity index (χ4n) is 2.01. The molecule has 0 radical (unpaired) electrons. The number of carbonyl (C=O) groups excluding carboxylic acids is 1. The van der Waals surface area contributed by atoms with Crippen molar-refractivity contribution in [2.75, 3.05) is 32.8 Å². The van der Waals surface area contributed by atoms with Gasteiger partial charge in [0.15, 0.2) is 0 Å². The highest BCUT2D eigenvalue weighted by Gasteiger charge is 2.32. The lowest BCUT2D eigenvalue weighted by atomic mass is 9.89. The third kappa shape index (κ3) is 4.04. The largest absolute Gasteiger partial charge is 0.380 e. The molecule has 19 heavy (non-hydrogen) atoms. The van der Waals surface area contributed by atoms with Gasteiger partial charge in [-0.1, -0.05) is 24.6 Å². The number of hydrogen-bond donors (Lipinski definition) is 2. The Hall–Kier alpha value is -1.39. The molecule has 0 saturated carbocycles. The quantitative estimate of drug-likeness (QED) is 0.761. The van der Waals surface area contributed by atoms with Crippen molar-refractivity contribution in [3.05, 3.63) is 35.4 Å². The van der Waals surface area contributed by atoms with E-state index in [1.165, 1.54) is 0 Å². The highest BCUT2D eigenvalue weighted by atomic mass is 16.5. The number of nitrogens with one attached hydrogen (secondary N) is 2. The normalized spacial score (nSPS) is 16.7. The zero-order valence-electron chi connectivity index (χ0n) is 11.7. The first-order valence-corrected chi connectivity index (χ1v) is 6.72. The van der Waals surface area contributed by atoms with Crippen LogP contribution in [0.5, 0.6) is 0 Å². The van der Waals surface area contributed by atoms with Crippen molar-refractivity contribution in [1.82, 2.24) is 10.6 Å². The van der Waals surface area contributed by atoms with Gasteiger partial charge in [-0.15, -0.1) is 0 Å². The van der Waals surface area contributed by atoms with E-state index in [2.05, 4.69) is 17.6 Å². The van der Waals surface area contributed by atoms with Crippen LogP contribution in [0.3, 0.4) is 0 Å². The maximum atomic E-state index is 11.8. The molecule has 2 rings (SSSR count). The second kappa shape index (κ2) is 6.17. The predicted octanol–water partition coefficient (Wildman–Crippen LogP) is 1.35. The number of aryl methyl sites for hydroxylation is 1. The topological polar surface area (TPSA) is 50.4 Å². The van der Waals surface area contributed by atoms with Gasteiger partial charge in [0.1, 0.15) is 0 Å². The Morgan fingerprint density at radius 3 is 2.53 bits per heavy atom. The van der Waals surface area contributed by atoms with Crippen molar-refractivity contribution in [2.45, 2.75) is 13.8 Å². The average Bonchev–Trinajstić information content (AvgIpc) is 2.37. The first-order chi connectivity index (χ1) is 9.09. The Bertz CT molecular complexity index is 424. The van der Waals surface area contributed by atoms with Crippen molar-refractivity contribution in [2.24, 2.45) is 5.41 Å². The Balaban J connectivity index is 1.62. The molecule has 1 aliphatic rings. The van der Waals surface area contributed by atoms with Gasteiger partial charge in [-0.25, -0.2) is 0 Å². The molecule has 1 saturated heterocycles. The summed E-state index contributed by atoms with van der Waals surface area (Å²) in [6.07, 6.45) is 0. The van der Waals surface area contributed by atoms with Gasteiger partial charge in [-0.3, -0.25) is 4.79 Å². The lowest BCUT2D eigenvalue weighted by Gasteiger charge is -2.38. The second-order valence-electron chi connectivity index (χ2n) is 5.60. The Kier molecular flexibility index (Phi) is 4.56. The molecule has 1 aliphatic heterocycles. The molecule has 1 amide bonds. The molecule has 1 aromatic carbocycles. The monoisotopic (exact) mass is 262 g/mol. The number of amides is 1. The lowest BCUT2D eigenvalue weighted by molar-refractivity contribution is -0.0988. The molecule has 2 N–H and O–H groups in total. The Morgan fingerprint density at radius 2 is 1.95 bits per heavy atom. The van der Waals surface area contributed by atoms with Crippen LogP contribution in [0.15, 0.2) is 24.3 Å². The minimum absolute atomic E-state index is 0.0139. The number of carbonyl (C=O) groups is 1. The summed E-state index contributed by atoms with van der Waals surface area (Å²) in [5, 5.41) is 6.26. The highest BCUT2D eigenvalue weighted by Crippen LogP contribution is 2.24. The standard InChI is InChI=1S/C15H22N2O2/c1-12-3-5-13(6-4-12)14(18)17-8-7-16-9-15(2)10-19-11-15/h3-6,16H,7-11H2,1-2H3,(H,17,18). The first-order valence-electron chi connectivity index (χ1n) is 6.72. The van der Waals surface area contributed by atoms with Gasteiger partial charge >= 0.3 is 0 Å². The average molecular weight is 262 g/mol. The summed E-state index contributed by atoms with van der Waals surface area (Å²) >= 11 is 0. The molecular formula is C15H22N2O2. The molecule has 1 fully saturated rings. The van der Waals surface area contributed by atoms with E-state index >= 15 is 0 Å². The maximum absolute atomic E-state index is 11.8. The van der Waals surface area contributed by atoms with E-state index in [9.17, 15) is 4.79 Å². The van der Waals surface area contributed by atoms with Crippen molar-refractivity contribution in [3.63, 3.8) is 0 Å². The van der Waals surface area contributed by atoms with Crippen LogP contribution >= 0.6 is 0 Å². The van der Waals surface area contributed by atoms with E-state index in [-0.39, 0.29) is 11.3 Å². The van der Waals surface area contributed by atoms with Gasteiger partial charge in [-0.05, 0) is 19.1 Å². The molecule has 1 aromatic rings. The van der Waals surface area contributed by atoms with E-state index in [4.69, 9.17) is 4.74 Å². The number of rotatable bonds is 6. The van der Waals surface area contributed by atoms with E-state index in [0.717, 1.165) is 31.9 Å². The summed E-state index contributed by atoms with van der Waals surface area (Å²) in [7, 11) is 0. The van der Waals surface area contributed by atoms with Crippen LogP contribution in [-0.4, -0.2) is 38.8 Å². The zero-order valence-corrected chi connectivity index (χ0v) is 11.7. The van der Waals surface area contributed by atoms with Gasteiger partial charge in [-0.2, -0.15) is 0 Å². The molecule has 0 spiro atoms. The zero-order chi connectivity index (χ0) is 13.7. The molecule has 104 valence electrons. The molecular weight excluding hydrogens is 240 g/mol. The second-order valence-corrected chi connectivity index (χ2v) is 5.60. The van der Waals surface area contributed by atoms with Gasteiger partial charge in [0, 0.05) is 30.6 Å². The summed E-state index contributed by atoms with van der Waals surface area (Å²) in [5.41, 5.74) is 2.15. The summed E-state index contributed by atoms with van der Waals surface area (Å²) in [5.74, 6) is -0.0139. The number of ether oxygens (including phenoxy) is 1. The molecule has 0 atom stereocenters. The third-order valence-corrected chi connectivity index (χ3v) is 3.35. The molecule has 0 unspecified atom stereocenters. The smallest absolute Gasteiger partial charge is 0.251 e. The summed E-state index contributed by atoms with van der Waals surface area (Å²) in [6, 6.07) is 7.60. The minimum Gasteiger partial charge on any atom is -0.380 e. The lowest BCUT2D eigenvalue weighted by Crippen LogP contribution is -2.48. The van der Waals surface area contributed by atoms with Crippen molar-refractivity contribution < 1.29 is 9.53 Å². The Morgan fingerprint density at radius 1 is 1.26 bits per heavy atom. The van der Waals surface area contributed by atoms with Crippen molar-refractivity contribution in [3.8, 4) is 0 Å². The molecule has 0 bridgehead atoms. The fourth-order valence-corrected chi connectivity index (χ4v) is 2.01. The maximum Gasteiger partial charge on any atom is 0.251 e. The van der Waals surface area contributed by atoms with Crippen LogP contribution in [0.1, 0.15) is 22.8 Å². The van der Waals surface area contributed by atoms with Crippen LogP contribution in [0.2, 0.25) is 0 Å². The van der Waals surface area contributed by atoms with E-state index in [0.29, 0.717) is 12.1 Å². The number of hydrogen-bond acceptors (Lipinski definition) is 3. The molecule has 4 nitrogen and oxygen atoms in total. The SMILES string of the molecule is Cc1ccc(C(=O)NCCNCC2(C)COC2)cc1. The number of benzene rings is 1. The first kappa shape index (κ1) is 14.0. The van der Waals surface area contributed by atoms with Crippen LogP contribution in [0.4, 0.5) is 0 Å². The molecule has 0 aliphatic carbocycles. The van der Waals surface area contributed by atoms with Gasteiger partial charge in [0.2, 0.25) is 0 Å².